The van der Waals surface area contributed by atoms with Crippen molar-refractivity contribution in [3.63, 3.8) is 0 Å². The first-order chi connectivity index (χ1) is 17.0. The molecule has 3 rings (SSSR count). The molecular formula is C20H12N6O10. The second-order valence-electron chi connectivity index (χ2n) is 6.92. The van der Waals surface area contributed by atoms with Crippen LogP contribution in [0.15, 0.2) is 60.7 Å². The molecule has 0 radical (unpaired) electrons. The lowest BCUT2D eigenvalue weighted by Crippen LogP contribution is -2.16. The van der Waals surface area contributed by atoms with E-state index in [4.69, 9.17) is 0 Å². The fraction of sp³-hybridized carbons (Fsp3) is 0. The number of nitrogens with one attached hydrogen (secondary N) is 2. The first-order valence-electron chi connectivity index (χ1n) is 9.56. The van der Waals surface area contributed by atoms with Gasteiger partial charge in [-0.15, -0.1) is 0 Å². The van der Waals surface area contributed by atoms with Crippen LogP contribution in [-0.4, -0.2) is 31.5 Å². The molecule has 16 heteroatoms. The van der Waals surface area contributed by atoms with Gasteiger partial charge in [-0.25, -0.2) is 0 Å². The molecule has 16 nitrogen and oxygen atoms in total. The van der Waals surface area contributed by atoms with Gasteiger partial charge in [0.05, 0.1) is 25.8 Å². The second-order valence-corrected chi connectivity index (χ2v) is 6.92. The molecule has 182 valence electrons. The van der Waals surface area contributed by atoms with Gasteiger partial charge in [-0.3, -0.25) is 50.0 Å². The molecule has 2 amide bonds. The highest BCUT2D eigenvalue weighted by Crippen LogP contribution is 2.36. The Morgan fingerprint density at radius 1 is 0.528 bits per heavy atom. The Kier molecular flexibility index (Phi) is 6.90. The molecule has 0 bridgehead atoms. The molecule has 0 aromatic heterocycles. The first-order valence-corrected chi connectivity index (χ1v) is 9.56. The van der Waals surface area contributed by atoms with Crippen LogP contribution in [-0.2, 0) is 0 Å². The molecule has 0 saturated carbocycles. The molecule has 0 aliphatic rings. The number of benzene rings is 3. The third-order valence-corrected chi connectivity index (χ3v) is 4.68. The number of anilines is 2. The summed E-state index contributed by atoms with van der Waals surface area (Å²) in [5.41, 5.74) is -3.54. The molecule has 0 fully saturated rings. The van der Waals surface area contributed by atoms with E-state index in [0.29, 0.717) is 6.07 Å². The van der Waals surface area contributed by atoms with E-state index in [1.807, 2.05) is 0 Å². The number of carbonyl (C=O) groups excluding carboxylic acids is 2. The summed E-state index contributed by atoms with van der Waals surface area (Å²) in [7, 11) is 0. The van der Waals surface area contributed by atoms with Gasteiger partial charge < -0.3 is 10.6 Å². The molecule has 0 aliphatic carbocycles. The highest BCUT2D eigenvalue weighted by Gasteiger charge is 2.27. The number of hydrogen-bond acceptors (Lipinski definition) is 10. The maximum atomic E-state index is 12.6. The van der Waals surface area contributed by atoms with Crippen molar-refractivity contribution < 1.29 is 29.3 Å². The summed E-state index contributed by atoms with van der Waals surface area (Å²) in [6, 6.07) is 9.89. The maximum Gasteiger partial charge on any atom is 0.299 e. The summed E-state index contributed by atoms with van der Waals surface area (Å²) in [6.45, 7) is 0. The molecular weight excluding hydrogens is 484 g/mol. The molecule has 0 atom stereocenters. The summed E-state index contributed by atoms with van der Waals surface area (Å²) < 4.78 is 0. The fourth-order valence-corrected chi connectivity index (χ4v) is 2.94. The summed E-state index contributed by atoms with van der Waals surface area (Å²) in [5.74, 6) is -1.84. The van der Waals surface area contributed by atoms with Crippen molar-refractivity contribution in [2.24, 2.45) is 0 Å². The van der Waals surface area contributed by atoms with Crippen molar-refractivity contribution in [2.75, 3.05) is 10.6 Å². The number of non-ortho nitro benzene ring substituents is 2. The van der Waals surface area contributed by atoms with Gasteiger partial charge in [0.15, 0.2) is 0 Å². The Morgan fingerprint density at radius 2 is 0.861 bits per heavy atom. The topological polar surface area (TPSA) is 231 Å². The van der Waals surface area contributed by atoms with E-state index >= 15 is 0 Å². The van der Waals surface area contributed by atoms with Crippen molar-refractivity contribution in [1.82, 2.24) is 0 Å². The summed E-state index contributed by atoms with van der Waals surface area (Å²) in [5, 5.41) is 48.9. The minimum atomic E-state index is -0.986. The molecule has 0 aliphatic heterocycles. The number of carbonyl (C=O) groups is 2. The first kappa shape index (κ1) is 24.8. The average molecular weight is 496 g/mol. The Hall–Kier alpha value is -5.80. The summed E-state index contributed by atoms with van der Waals surface area (Å²) in [4.78, 5) is 66.3. The van der Waals surface area contributed by atoms with Crippen LogP contribution < -0.4 is 10.6 Å². The van der Waals surface area contributed by atoms with Gasteiger partial charge in [0.1, 0.15) is 11.4 Å². The highest BCUT2D eigenvalue weighted by atomic mass is 16.6. The molecule has 0 heterocycles. The predicted molar refractivity (Wildman–Crippen MR) is 122 cm³/mol. The van der Waals surface area contributed by atoms with Crippen LogP contribution in [0.2, 0.25) is 0 Å². The van der Waals surface area contributed by atoms with Gasteiger partial charge in [0.2, 0.25) is 0 Å². The zero-order valence-corrected chi connectivity index (χ0v) is 17.6. The molecule has 36 heavy (non-hydrogen) atoms. The average Bonchev–Trinajstić information content (AvgIpc) is 2.83. The minimum absolute atomic E-state index is 0.107. The van der Waals surface area contributed by atoms with E-state index in [-0.39, 0.29) is 22.5 Å². The normalized spacial score (nSPS) is 10.2. The lowest BCUT2D eigenvalue weighted by molar-refractivity contribution is -0.393. The SMILES string of the molecule is O=C(Nc1cc(NC(=O)c2ccc([N+](=O)[O-])cc2)c([N+](=O)[O-])cc1[N+](=O)[O-])c1ccc([N+](=O)[O-])cc1. The van der Waals surface area contributed by atoms with Crippen molar-refractivity contribution in [3.8, 4) is 0 Å². The molecule has 3 aromatic rings. The molecule has 2 N–H and O–H groups in total. The van der Waals surface area contributed by atoms with E-state index in [1.54, 1.807) is 0 Å². The van der Waals surface area contributed by atoms with Crippen LogP contribution in [0.4, 0.5) is 34.1 Å². The van der Waals surface area contributed by atoms with Crippen LogP contribution in [0.3, 0.4) is 0 Å². The Labute approximate surface area is 198 Å². The molecule has 3 aromatic carbocycles. The smallest absolute Gasteiger partial charge is 0.299 e. The number of amides is 2. The van der Waals surface area contributed by atoms with Crippen LogP contribution >= 0.6 is 0 Å². The molecule has 0 spiro atoms. The van der Waals surface area contributed by atoms with Crippen LogP contribution in [0.25, 0.3) is 0 Å². The van der Waals surface area contributed by atoms with Crippen LogP contribution in [0.5, 0.6) is 0 Å². The maximum absolute atomic E-state index is 12.6. The van der Waals surface area contributed by atoms with E-state index in [2.05, 4.69) is 10.6 Å². The number of nitro groups is 4. The van der Waals surface area contributed by atoms with Gasteiger partial charge in [-0.05, 0) is 30.3 Å². The van der Waals surface area contributed by atoms with Gasteiger partial charge in [-0.1, -0.05) is 0 Å². The van der Waals surface area contributed by atoms with Gasteiger partial charge in [0.25, 0.3) is 34.6 Å². The number of rotatable bonds is 8. The van der Waals surface area contributed by atoms with Crippen molar-refractivity contribution >= 4 is 45.9 Å². The zero-order valence-electron chi connectivity index (χ0n) is 17.6. The minimum Gasteiger partial charge on any atom is -0.316 e. The summed E-state index contributed by atoms with van der Waals surface area (Å²) in [6.07, 6.45) is 0. The van der Waals surface area contributed by atoms with E-state index in [9.17, 15) is 50.0 Å². The standard InChI is InChI=1S/C20H12N6O10/c27-19(11-1-5-13(6-2-11)23(29)30)21-15-9-16(18(26(35)36)10-17(15)25(33)34)22-20(28)12-3-7-14(8-4-12)24(31)32/h1-10H,(H,21,27)(H,22,28). The number of nitrogens with zero attached hydrogens (tertiary/aromatic N) is 4. The van der Waals surface area contributed by atoms with Crippen molar-refractivity contribution in [2.45, 2.75) is 0 Å². The monoisotopic (exact) mass is 496 g/mol. The van der Waals surface area contributed by atoms with Crippen molar-refractivity contribution in [1.29, 1.82) is 0 Å². The van der Waals surface area contributed by atoms with E-state index in [0.717, 1.165) is 54.6 Å². The Bertz CT molecular complexity index is 1320. The van der Waals surface area contributed by atoms with E-state index in [1.165, 1.54) is 0 Å². The Morgan fingerprint density at radius 3 is 1.14 bits per heavy atom. The zero-order chi connectivity index (χ0) is 26.6. The Balaban J connectivity index is 1.97. The number of nitro benzene ring substituents is 4. The molecule has 0 saturated heterocycles. The van der Waals surface area contributed by atoms with Gasteiger partial charge in [0, 0.05) is 35.4 Å². The third kappa shape index (κ3) is 5.39. The lowest BCUT2D eigenvalue weighted by Gasteiger charge is -2.11. The summed E-state index contributed by atoms with van der Waals surface area (Å²) >= 11 is 0. The van der Waals surface area contributed by atoms with Crippen molar-refractivity contribution in [3.05, 3.63) is 112 Å². The third-order valence-electron chi connectivity index (χ3n) is 4.68. The quantitative estimate of drug-likeness (QED) is 0.338. The van der Waals surface area contributed by atoms with Crippen LogP contribution in [0.1, 0.15) is 20.7 Å². The van der Waals surface area contributed by atoms with E-state index < -0.39 is 54.3 Å². The highest BCUT2D eigenvalue weighted by molar-refractivity contribution is 6.08. The fourth-order valence-electron chi connectivity index (χ4n) is 2.94. The predicted octanol–water partition coefficient (Wildman–Crippen LogP) is 3.82. The van der Waals surface area contributed by atoms with Gasteiger partial charge >= 0.3 is 0 Å². The molecule has 0 unspecified atom stereocenters. The van der Waals surface area contributed by atoms with Gasteiger partial charge in [-0.2, -0.15) is 0 Å². The number of hydrogen-bond donors (Lipinski definition) is 2. The van der Waals surface area contributed by atoms with Crippen LogP contribution in [0, 0.1) is 40.5 Å². The largest absolute Gasteiger partial charge is 0.316 e. The lowest BCUT2D eigenvalue weighted by atomic mass is 10.1. The second kappa shape index (κ2) is 10.00.